The number of carbonyl (C=O) groups excluding carboxylic acids is 1. The van der Waals surface area contributed by atoms with Crippen molar-refractivity contribution < 1.29 is 14.3 Å². The van der Waals surface area contributed by atoms with E-state index in [0.29, 0.717) is 37.0 Å². The van der Waals surface area contributed by atoms with Crippen molar-refractivity contribution in [3.8, 4) is 11.8 Å². The van der Waals surface area contributed by atoms with Gasteiger partial charge in [-0.1, -0.05) is 0 Å². The zero-order chi connectivity index (χ0) is 16.1. The van der Waals surface area contributed by atoms with Crippen LogP contribution in [0.4, 0.5) is 0 Å². The number of carbonyl (C=O) groups is 1. The molecule has 1 amide bonds. The number of pyridine rings is 1. The van der Waals surface area contributed by atoms with Crippen LogP contribution in [0.1, 0.15) is 23.7 Å². The molecule has 0 bridgehead atoms. The molecule has 1 fully saturated rings. The molecule has 3 rings (SSSR count). The molecule has 23 heavy (non-hydrogen) atoms. The van der Waals surface area contributed by atoms with Gasteiger partial charge in [0, 0.05) is 31.6 Å². The molecule has 1 saturated heterocycles. The molecule has 3 heterocycles. The maximum atomic E-state index is 12.7. The van der Waals surface area contributed by atoms with E-state index >= 15 is 0 Å². The summed E-state index contributed by atoms with van der Waals surface area (Å²) in [6.07, 6.45) is 7.03. The molecule has 1 aliphatic rings. The predicted molar refractivity (Wildman–Crippen MR) is 82.4 cm³/mol. The Balaban J connectivity index is 1.66. The summed E-state index contributed by atoms with van der Waals surface area (Å²) in [4.78, 5) is 26.6. The smallest absolute Gasteiger partial charge is 0.259 e. The van der Waals surface area contributed by atoms with Gasteiger partial charge >= 0.3 is 0 Å². The van der Waals surface area contributed by atoms with Gasteiger partial charge in [0.25, 0.3) is 5.91 Å². The van der Waals surface area contributed by atoms with Crippen LogP contribution in [0.5, 0.6) is 11.8 Å². The van der Waals surface area contributed by atoms with Gasteiger partial charge in [0.2, 0.25) is 11.8 Å². The Morgan fingerprint density at radius 2 is 2.26 bits per heavy atom. The summed E-state index contributed by atoms with van der Waals surface area (Å²) in [5, 5.41) is 0. The fourth-order valence-electron chi connectivity index (χ4n) is 2.50. The number of hydrogen-bond donors (Lipinski definition) is 0. The highest BCUT2D eigenvalue weighted by molar-refractivity contribution is 5.96. The molecule has 0 radical (unpaired) electrons. The van der Waals surface area contributed by atoms with Crippen LogP contribution in [0, 0.1) is 0 Å². The first-order chi connectivity index (χ1) is 11.3. The zero-order valence-corrected chi connectivity index (χ0v) is 12.9. The Morgan fingerprint density at radius 3 is 3.04 bits per heavy atom. The van der Waals surface area contributed by atoms with Crippen molar-refractivity contribution in [1.82, 2.24) is 19.9 Å². The second kappa shape index (κ2) is 7.04. The first-order valence-electron chi connectivity index (χ1n) is 7.57. The molecule has 2 aromatic heterocycles. The molecule has 1 aliphatic heterocycles. The molecule has 2 aromatic rings. The van der Waals surface area contributed by atoms with E-state index in [1.54, 1.807) is 41.8 Å². The van der Waals surface area contributed by atoms with Crippen molar-refractivity contribution in [2.24, 2.45) is 0 Å². The third-order valence-electron chi connectivity index (χ3n) is 3.54. The third-order valence-corrected chi connectivity index (χ3v) is 3.54. The number of likely N-dealkylation sites (tertiary alicyclic amines) is 1. The van der Waals surface area contributed by atoms with Gasteiger partial charge in [0.1, 0.15) is 11.7 Å². The van der Waals surface area contributed by atoms with Crippen LogP contribution in [0.15, 0.2) is 36.9 Å². The van der Waals surface area contributed by atoms with Crippen molar-refractivity contribution in [1.29, 1.82) is 0 Å². The lowest BCUT2D eigenvalue weighted by molar-refractivity contribution is 0.0766. The quantitative estimate of drug-likeness (QED) is 0.833. The van der Waals surface area contributed by atoms with E-state index in [9.17, 15) is 4.79 Å². The monoisotopic (exact) mass is 314 g/mol. The van der Waals surface area contributed by atoms with Crippen LogP contribution in [0.2, 0.25) is 0 Å². The largest absolute Gasteiger partial charge is 0.477 e. The minimum Gasteiger partial charge on any atom is -0.477 e. The van der Waals surface area contributed by atoms with E-state index < -0.39 is 0 Å². The number of aromatic nitrogens is 3. The van der Waals surface area contributed by atoms with Crippen LogP contribution in [-0.4, -0.2) is 51.6 Å². The lowest BCUT2D eigenvalue weighted by Crippen LogP contribution is -2.31. The van der Waals surface area contributed by atoms with E-state index in [4.69, 9.17) is 9.47 Å². The van der Waals surface area contributed by atoms with E-state index in [1.807, 2.05) is 6.92 Å². The molecular formula is C16H18N4O3. The van der Waals surface area contributed by atoms with Crippen molar-refractivity contribution in [2.45, 2.75) is 19.4 Å². The fourth-order valence-corrected chi connectivity index (χ4v) is 2.50. The first kappa shape index (κ1) is 15.2. The van der Waals surface area contributed by atoms with Crippen molar-refractivity contribution in [3.05, 3.63) is 42.5 Å². The summed E-state index contributed by atoms with van der Waals surface area (Å²) in [5.41, 5.74) is 0.481. The van der Waals surface area contributed by atoms with E-state index in [-0.39, 0.29) is 12.0 Å². The average molecular weight is 314 g/mol. The first-order valence-corrected chi connectivity index (χ1v) is 7.57. The van der Waals surface area contributed by atoms with Crippen LogP contribution >= 0.6 is 0 Å². The Bertz CT molecular complexity index is 665. The van der Waals surface area contributed by atoms with Gasteiger partial charge in [-0.25, -0.2) is 9.97 Å². The highest BCUT2D eigenvalue weighted by atomic mass is 16.5. The van der Waals surface area contributed by atoms with Gasteiger partial charge in [-0.15, -0.1) is 0 Å². The Hall–Kier alpha value is -2.70. The van der Waals surface area contributed by atoms with Crippen LogP contribution in [-0.2, 0) is 0 Å². The number of amides is 1. The van der Waals surface area contributed by atoms with Gasteiger partial charge in [-0.05, 0) is 19.1 Å². The Morgan fingerprint density at radius 1 is 1.35 bits per heavy atom. The molecular weight excluding hydrogens is 296 g/mol. The van der Waals surface area contributed by atoms with Crippen molar-refractivity contribution >= 4 is 5.91 Å². The molecule has 120 valence electrons. The van der Waals surface area contributed by atoms with Crippen LogP contribution < -0.4 is 9.47 Å². The molecule has 1 unspecified atom stereocenters. The summed E-state index contributed by atoms with van der Waals surface area (Å²) in [7, 11) is 0. The summed E-state index contributed by atoms with van der Waals surface area (Å²) in [6.45, 7) is 3.47. The number of ether oxygens (including phenoxy) is 2. The Kier molecular flexibility index (Phi) is 4.65. The number of rotatable bonds is 5. The van der Waals surface area contributed by atoms with E-state index in [2.05, 4.69) is 15.0 Å². The third kappa shape index (κ3) is 3.56. The van der Waals surface area contributed by atoms with Crippen molar-refractivity contribution in [2.75, 3.05) is 19.7 Å². The minimum absolute atomic E-state index is 0.0807. The summed E-state index contributed by atoms with van der Waals surface area (Å²) < 4.78 is 11.2. The normalized spacial score (nSPS) is 17.1. The second-order valence-corrected chi connectivity index (χ2v) is 5.11. The molecule has 1 atom stereocenters. The van der Waals surface area contributed by atoms with Crippen molar-refractivity contribution in [3.63, 3.8) is 0 Å². The standard InChI is InChI=1S/C16H18N4O3/c1-2-22-15-13(4-3-6-19-15)16(21)20-9-5-12(11-20)23-14-10-17-7-8-18-14/h3-4,6-8,10,12H,2,5,9,11H2,1H3. The predicted octanol–water partition coefficient (Wildman–Crippen LogP) is 1.56. The van der Waals surface area contributed by atoms with Gasteiger partial charge in [-0.3, -0.25) is 9.78 Å². The summed E-state index contributed by atoms with van der Waals surface area (Å²) in [6, 6.07) is 3.47. The maximum Gasteiger partial charge on any atom is 0.259 e. The van der Waals surface area contributed by atoms with Gasteiger partial charge < -0.3 is 14.4 Å². The SMILES string of the molecule is CCOc1ncccc1C(=O)N1CCC(Oc2cnccn2)C1. The number of hydrogen-bond acceptors (Lipinski definition) is 6. The van der Waals surface area contributed by atoms with Crippen LogP contribution in [0.3, 0.4) is 0 Å². The Labute approximate surface area is 134 Å². The van der Waals surface area contributed by atoms with E-state index in [1.165, 1.54) is 0 Å². The van der Waals surface area contributed by atoms with Gasteiger partial charge in [0.15, 0.2) is 0 Å². The van der Waals surface area contributed by atoms with Crippen LogP contribution in [0.25, 0.3) is 0 Å². The zero-order valence-electron chi connectivity index (χ0n) is 12.9. The highest BCUT2D eigenvalue weighted by Crippen LogP contribution is 2.21. The molecule has 0 saturated carbocycles. The second-order valence-electron chi connectivity index (χ2n) is 5.11. The average Bonchev–Trinajstić information content (AvgIpc) is 3.04. The molecule has 0 aromatic carbocycles. The fraction of sp³-hybridized carbons (Fsp3) is 0.375. The summed E-state index contributed by atoms with van der Waals surface area (Å²) in [5.74, 6) is 0.758. The molecule has 0 spiro atoms. The van der Waals surface area contributed by atoms with Gasteiger partial charge in [0.05, 0.1) is 19.3 Å². The topological polar surface area (TPSA) is 77.4 Å². The molecule has 0 aliphatic carbocycles. The number of nitrogens with zero attached hydrogens (tertiary/aromatic N) is 4. The lowest BCUT2D eigenvalue weighted by atomic mass is 10.2. The lowest BCUT2D eigenvalue weighted by Gasteiger charge is -2.18. The minimum atomic E-state index is -0.0909. The van der Waals surface area contributed by atoms with E-state index in [0.717, 1.165) is 6.42 Å². The van der Waals surface area contributed by atoms with Gasteiger partial charge in [-0.2, -0.15) is 0 Å². The molecule has 7 heteroatoms. The summed E-state index contributed by atoms with van der Waals surface area (Å²) >= 11 is 0. The highest BCUT2D eigenvalue weighted by Gasteiger charge is 2.30. The molecule has 7 nitrogen and oxygen atoms in total. The molecule has 0 N–H and O–H groups in total. The maximum absolute atomic E-state index is 12.7.